The maximum Gasteiger partial charge on any atom is 0.244 e. The number of nitrogens with one attached hydrogen (secondary N) is 1. The lowest BCUT2D eigenvalue weighted by molar-refractivity contribution is 0.216. The highest BCUT2D eigenvalue weighted by atomic mass is 16.6. The van der Waals surface area contributed by atoms with Crippen molar-refractivity contribution in [3.63, 3.8) is 0 Å². The van der Waals surface area contributed by atoms with Gasteiger partial charge in [-0.3, -0.25) is 10.4 Å². The summed E-state index contributed by atoms with van der Waals surface area (Å²) in [7, 11) is 3.92. The van der Waals surface area contributed by atoms with Crippen LogP contribution in [-0.2, 0) is 12.8 Å². The normalized spacial score (nSPS) is 19.0. The van der Waals surface area contributed by atoms with Gasteiger partial charge in [-0.1, -0.05) is 6.07 Å². The molecule has 0 unspecified atom stereocenters. The number of benzene rings is 1. The van der Waals surface area contributed by atoms with Crippen LogP contribution in [-0.4, -0.2) is 48.5 Å². The van der Waals surface area contributed by atoms with Crippen LogP contribution < -0.4 is 15.7 Å². The molecule has 0 atom stereocenters. The second kappa shape index (κ2) is 5.51. The molecule has 7 nitrogen and oxygen atoms in total. The molecule has 0 radical (unpaired) electrons. The van der Waals surface area contributed by atoms with E-state index in [2.05, 4.69) is 10.4 Å². The Morgan fingerprint density at radius 3 is 2.86 bits per heavy atom. The zero-order valence-electron chi connectivity index (χ0n) is 12.4. The number of fused-ring (bicyclic) bond motifs is 3. The minimum absolute atomic E-state index is 0.227. The molecule has 21 heavy (non-hydrogen) atoms. The fourth-order valence-electron chi connectivity index (χ4n) is 2.81. The standard InChI is InChI=1S/C14H21N5O2/c1-17(2)9-8-15-14-16-19(21)13-11-5-3-4-10(11)6-7-12(13)18(14)20/h6-7,20-21H,3-5,8-9H2,1-2H3,(H,15,16). The van der Waals surface area contributed by atoms with E-state index in [1.807, 2.05) is 31.1 Å². The maximum absolute atomic E-state index is 10.3. The molecule has 7 heteroatoms. The number of aryl methyl sites for hydroxylation is 1. The van der Waals surface area contributed by atoms with E-state index >= 15 is 0 Å². The number of hydrogen-bond acceptors (Lipinski definition) is 5. The SMILES string of the molecule is CN(C)CCN=C1NN(O)c2c(ccc3c2CCC3)N1O. The van der Waals surface area contributed by atoms with Crippen molar-refractivity contribution >= 4 is 17.3 Å². The Balaban J connectivity index is 1.90. The molecule has 1 aliphatic carbocycles. The van der Waals surface area contributed by atoms with Crippen molar-refractivity contribution in [1.82, 2.24) is 10.3 Å². The number of hydrogen-bond donors (Lipinski definition) is 3. The van der Waals surface area contributed by atoms with Gasteiger partial charge in [0.05, 0.1) is 6.54 Å². The molecule has 2 aliphatic rings. The Labute approximate surface area is 124 Å². The largest absolute Gasteiger partial charge is 0.308 e. The van der Waals surface area contributed by atoms with Crippen molar-refractivity contribution in [2.75, 3.05) is 37.4 Å². The summed E-state index contributed by atoms with van der Waals surface area (Å²) >= 11 is 0. The second-order valence-corrected chi connectivity index (χ2v) is 5.67. The summed E-state index contributed by atoms with van der Waals surface area (Å²) in [6.07, 6.45) is 3.01. The molecule has 0 spiro atoms. The number of likely N-dealkylation sites (N-methyl/N-ethyl adjacent to an activating group) is 1. The predicted molar refractivity (Wildman–Crippen MR) is 81.0 cm³/mol. The summed E-state index contributed by atoms with van der Waals surface area (Å²) in [5.74, 6) is 0.227. The Kier molecular flexibility index (Phi) is 3.71. The number of hydroxylamine groups is 1. The summed E-state index contributed by atoms with van der Waals surface area (Å²) < 4.78 is 0. The fraction of sp³-hybridized carbons (Fsp3) is 0.500. The van der Waals surface area contributed by atoms with Crippen LogP contribution in [0.15, 0.2) is 17.1 Å². The number of anilines is 2. The maximum atomic E-state index is 10.3. The first-order valence-electron chi connectivity index (χ1n) is 7.16. The van der Waals surface area contributed by atoms with Crippen molar-refractivity contribution in [3.8, 4) is 0 Å². The number of aliphatic imine (C=N–C) groups is 1. The topological polar surface area (TPSA) is 74.6 Å². The predicted octanol–water partition coefficient (Wildman–Crippen LogP) is 1.00. The van der Waals surface area contributed by atoms with Gasteiger partial charge in [-0.05, 0) is 50.6 Å². The highest BCUT2D eigenvalue weighted by molar-refractivity contribution is 6.01. The van der Waals surface area contributed by atoms with Crippen molar-refractivity contribution in [2.45, 2.75) is 19.3 Å². The van der Waals surface area contributed by atoms with Crippen molar-refractivity contribution in [2.24, 2.45) is 4.99 Å². The van der Waals surface area contributed by atoms with Gasteiger partial charge in [0.2, 0.25) is 5.96 Å². The van der Waals surface area contributed by atoms with Crippen LogP contribution in [0.4, 0.5) is 11.4 Å². The van der Waals surface area contributed by atoms with Gasteiger partial charge < -0.3 is 4.90 Å². The van der Waals surface area contributed by atoms with Gasteiger partial charge in [-0.15, -0.1) is 0 Å². The summed E-state index contributed by atoms with van der Waals surface area (Å²) in [5, 5.41) is 22.5. The highest BCUT2D eigenvalue weighted by Crippen LogP contribution is 2.39. The molecule has 1 aromatic carbocycles. The molecule has 0 bridgehead atoms. The minimum Gasteiger partial charge on any atom is -0.308 e. The molecule has 1 aliphatic heterocycles. The Hall–Kier alpha value is -1.83. The molecule has 0 aromatic heterocycles. The third-order valence-electron chi connectivity index (χ3n) is 3.89. The van der Waals surface area contributed by atoms with Crippen molar-refractivity contribution in [1.29, 1.82) is 0 Å². The molecule has 1 aromatic rings. The molecule has 0 fully saturated rings. The van der Waals surface area contributed by atoms with Crippen LogP contribution in [0.1, 0.15) is 17.5 Å². The lowest BCUT2D eigenvalue weighted by atomic mass is 10.1. The van der Waals surface area contributed by atoms with Crippen molar-refractivity contribution in [3.05, 3.63) is 23.3 Å². The molecule has 3 N–H and O–H groups in total. The molecule has 0 saturated carbocycles. The van der Waals surface area contributed by atoms with Gasteiger partial charge in [0.1, 0.15) is 11.4 Å². The Morgan fingerprint density at radius 1 is 1.29 bits per heavy atom. The second-order valence-electron chi connectivity index (χ2n) is 5.67. The van der Waals surface area contributed by atoms with Crippen LogP contribution in [0.2, 0.25) is 0 Å². The number of guanidine groups is 1. The summed E-state index contributed by atoms with van der Waals surface area (Å²) in [6.45, 7) is 1.29. The number of hydrazine groups is 1. The average molecular weight is 291 g/mol. The smallest absolute Gasteiger partial charge is 0.244 e. The van der Waals surface area contributed by atoms with Gasteiger partial charge in [0.25, 0.3) is 0 Å². The summed E-state index contributed by atoms with van der Waals surface area (Å²) in [4.78, 5) is 6.29. The first kappa shape index (κ1) is 14.1. The van der Waals surface area contributed by atoms with E-state index in [0.29, 0.717) is 17.9 Å². The van der Waals surface area contributed by atoms with E-state index in [9.17, 15) is 10.4 Å². The van der Waals surface area contributed by atoms with E-state index in [1.54, 1.807) is 0 Å². The Bertz CT molecular complexity index is 573. The van der Waals surface area contributed by atoms with Crippen LogP contribution in [0.5, 0.6) is 0 Å². The molecular formula is C14H21N5O2. The van der Waals surface area contributed by atoms with Crippen LogP contribution in [0, 0.1) is 0 Å². The third-order valence-corrected chi connectivity index (χ3v) is 3.89. The number of rotatable bonds is 3. The molecular weight excluding hydrogens is 270 g/mol. The highest BCUT2D eigenvalue weighted by Gasteiger charge is 2.30. The molecule has 3 rings (SSSR count). The number of nitrogens with zero attached hydrogens (tertiary/aromatic N) is 4. The van der Waals surface area contributed by atoms with E-state index in [0.717, 1.165) is 41.6 Å². The first-order chi connectivity index (χ1) is 10.1. The van der Waals surface area contributed by atoms with E-state index < -0.39 is 0 Å². The van der Waals surface area contributed by atoms with E-state index in [-0.39, 0.29) is 5.96 Å². The summed E-state index contributed by atoms with van der Waals surface area (Å²) in [6, 6.07) is 3.84. The monoisotopic (exact) mass is 291 g/mol. The fourth-order valence-corrected chi connectivity index (χ4v) is 2.81. The quantitative estimate of drug-likeness (QED) is 0.771. The van der Waals surface area contributed by atoms with Gasteiger partial charge in [0.15, 0.2) is 0 Å². The minimum atomic E-state index is 0.227. The van der Waals surface area contributed by atoms with Crippen LogP contribution >= 0.6 is 0 Å². The van der Waals surface area contributed by atoms with Gasteiger partial charge in [-0.2, -0.15) is 10.2 Å². The van der Waals surface area contributed by atoms with E-state index in [4.69, 9.17) is 0 Å². The lowest BCUT2D eigenvalue weighted by Crippen LogP contribution is -2.53. The third kappa shape index (κ3) is 2.55. The zero-order valence-corrected chi connectivity index (χ0v) is 12.4. The Morgan fingerprint density at radius 2 is 2.10 bits per heavy atom. The van der Waals surface area contributed by atoms with Gasteiger partial charge >= 0.3 is 0 Å². The van der Waals surface area contributed by atoms with Gasteiger partial charge in [0, 0.05) is 6.54 Å². The molecule has 1 heterocycles. The first-order valence-corrected chi connectivity index (χ1v) is 7.16. The molecule has 0 saturated heterocycles. The zero-order chi connectivity index (χ0) is 15.0. The van der Waals surface area contributed by atoms with E-state index in [1.165, 1.54) is 5.56 Å². The van der Waals surface area contributed by atoms with Crippen LogP contribution in [0.3, 0.4) is 0 Å². The van der Waals surface area contributed by atoms with Crippen LogP contribution in [0.25, 0.3) is 0 Å². The lowest BCUT2D eigenvalue weighted by Gasteiger charge is -2.34. The molecule has 114 valence electrons. The average Bonchev–Trinajstić information content (AvgIpc) is 2.91. The molecule has 0 amide bonds. The van der Waals surface area contributed by atoms with Crippen molar-refractivity contribution < 1.29 is 10.4 Å². The van der Waals surface area contributed by atoms with Gasteiger partial charge in [-0.25, -0.2) is 10.4 Å². The summed E-state index contributed by atoms with van der Waals surface area (Å²) in [5.41, 5.74) is 6.23.